The van der Waals surface area contributed by atoms with Gasteiger partial charge in [-0.3, -0.25) is 4.79 Å². The predicted molar refractivity (Wildman–Crippen MR) is 96.9 cm³/mol. The van der Waals surface area contributed by atoms with E-state index in [1.807, 2.05) is 41.1 Å². The number of amides is 1. The van der Waals surface area contributed by atoms with Gasteiger partial charge in [0.25, 0.3) is 0 Å². The van der Waals surface area contributed by atoms with E-state index in [2.05, 4.69) is 31.2 Å². The third-order valence-electron chi connectivity index (χ3n) is 3.43. The zero-order chi connectivity index (χ0) is 17.1. The second kappa shape index (κ2) is 6.91. The maximum absolute atomic E-state index is 12.2. The van der Waals surface area contributed by atoms with Crippen molar-refractivity contribution in [1.82, 2.24) is 25.2 Å². The summed E-state index contributed by atoms with van der Waals surface area (Å²) in [6.07, 6.45) is 1.76. The second-order valence-corrected chi connectivity index (χ2v) is 6.82. The molecule has 1 aromatic carbocycles. The summed E-state index contributed by atoms with van der Waals surface area (Å²) in [5.41, 5.74) is 3.41. The average molecular weight is 368 g/mol. The van der Waals surface area contributed by atoms with Crippen LogP contribution in [0.2, 0.25) is 0 Å². The van der Waals surface area contributed by atoms with Gasteiger partial charge in [-0.15, -0.1) is 16.4 Å². The molecule has 0 spiro atoms. The highest BCUT2D eigenvalue weighted by Crippen LogP contribution is 2.26. The molecular formula is C16H12N6OS2. The number of nitrogens with one attached hydrogen (secondary N) is 1. The number of benzene rings is 1. The molecule has 0 aliphatic carbocycles. The van der Waals surface area contributed by atoms with E-state index in [0.29, 0.717) is 0 Å². The lowest BCUT2D eigenvalue weighted by atomic mass is 10.2. The molecule has 4 aromatic rings. The van der Waals surface area contributed by atoms with Gasteiger partial charge in [-0.2, -0.15) is 11.3 Å². The molecule has 25 heavy (non-hydrogen) atoms. The minimum absolute atomic E-state index is 0.0997. The number of carbonyl (C=O) groups is 1. The Balaban J connectivity index is 1.39. The van der Waals surface area contributed by atoms with E-state index < -0.39 is 0 Å². The highest BCUT2D eigenvalue weighted by molar-refractivity contribution is 7.14. The van der Waals surface area contributed by atoms with Crippen LogP contribution in [0.25, 0.3) is 16.3 Å². The zero-order valence-corrected chi connectivity index (χ0v) is 14.5. The van der Waals surface area contributed by atoms with E-state index in [-0.39, 0.29) is 12.3 Å². The molecule has 0 saturated carbocycles. The fourth-order valence-corrected chi connectivity index (χ4v) is 3.79. The molecule has 0 bridgehead atoms. The zero-order valence-electron chi connectivity index (χ0n) is 12.9. The van der Waals surface area contributed by atoms with Gasteiger partial charge in [0.2, 0.25) is 5.91 Å². The van der Waals surface area contributed by atoms with Gasteiger partial charge in [0.1, 0.15) is 11.3 Å². The van der Waals surface area contributed by atoms with E-state index in [0.717, 1.165) is 27.6 Å². The average Bonchev–Trinajstić information content (AvgIpc) is 3.37. The molecule has 4 rings (SSSR count). The Morgan fingerprint density at radius 3 is 2.76 bits per heavy atom. The van der Waals surface area contributed by atoms with Gasteiger partial charge in [-0.1, -0.05) is 0 Å². The van der Waals surface area contributed by atoms with E-state index in [4.69, 9.17) is 0 Å². The fourth-order valence-electron chi connectivity index (χ4n) is 2.25. The minimum atomic E-state index is -0.0997. The first-order valence-corrected chi connectivity index (χ1v) is 9.20. The van der Waals surface area contributed by atoms with E-state index in [1.165, 1.54) is 6.33 Å². The summed E-state index contributed by atoms with van der Waals surface area (Å²) in [6.45, 7) is 0. The van der Waals surface area contributed by atoms with E-state index in [1.54, 1.807) is 27.4 Å². The van der Waals surface area contributed by atoms with Gasteiger partial charge in [-0.05, 0) is 46.1 Å². The van der Waals surface area contributed by atoms with Crippen LogP contribution >= 0.6 is 22.7 Å². The highest BCUT2D eigenvalue weighted by Gasteiger charge is 2.10. The molecule has 0 aliphatic heterocycles. The van der Waals surface area contributed by atoms with Crippen molar-refractivity contribution in [2.24, 2.45) is 0 Å². The molecule has 3 aromatic heterocycles. The standard InChI is InChI=1S/C16H12N6OS2/c23-15(7-13-9-25-16(19-13)11-5-6-24-8-11)18-12-1-3-14(4-2-12)22-10-17-20-21-22/h1-6,8-10H,7H2,(H,18,23). The van der Waals surface area contributed by atoms with Crippen LogP contribution in [0.3, 0.4) is 0 Å². The van der Waals surface area contributed by atoms with Gasteiger partial charge >= 0.3 is 0 Å². The number of aromatic nitrogens is 5. The van der Waals surface area contributed by atoms with Crippen molar-refractivity contribution >= 4 is 34.3 Å². The molecule has 1 amide bonds. The summed E-state index contributed by atoms with van der Waals surface area (Å²) >= 11 is 3.18. The molecule has 124 valence electrons. The van der Waals surface area contributed by atoms with Gasteiger partial charge in [0.05, 0.1) is 17.8 Å². The molecule has 0 atom stereocenters. The topological polar surface area (TPSA) is 85.6 Å². The summed E-state index contributed by atoms with van der Waals surface area (Å²) in [7, 11) is 0. The van der Waals surface area contributed by atoms with Crippen molar-refractivity contribution < 1.29 is 4.79 Å². The first-order valence-electron chi connectivity index (χ1n) is 7.38. The molecule has 0 radical (unpaired) electrons. The van der Waals surface area contributed by atoms with Gasteiger partial charge in [-0.25, -0.2) is 9.67 Å². The van der Waals surface area contributed by atoms with Crippen molar-refractivity contribution in [3.05, 3.63) is 58.5 Å². The monoisotopic (exact) mass is 368 g/mol. The first-order chi connectivity index (χ1) is 12.3. The fraction of sp³-hybridized carbons (Fsp3) is 0.0625. The number of thiazole rings is 1. The SMILES string of the molecule is O=C(Cc1csc(-c2ccsc2)n1)Nc1ccc(-n2cnnn2)cc1. The molecule has 9 heteroatoms. The lowest BCUT2D eigenvalue weighted by Crippen LogP contribution is -2.14. The van der Waals surface area contributed by atoms with Crippen molar-refractivity contribution in [3.8, 4) is 16.3 Å². The molecule has 0 aliphatic rings. The quantitative estimate of drug-likeness (QED) is 0.585. The number of hydrogen-bond acceptors (Lipinski definition) is 7. The summed E-state index contributed by atoms with van der Waals surface area (Å²) in [4.78, 5) is 16.7. The van der Waals surface area contributed by atoms with Crippen LogP contribution in [0.1, 0.15) is 5.69 Å². The number of thiophene rings is 1. The molecule has 0 fully saturated rings. The number of rotatable bonds is 5. The van der Waals surface area contributed by atoms with Gasteiger partial charge in [0, 0.05) is 22.0 Å². The van der Waals surface area contributed by atoms with Crippen LogP contribution in [0, 0.1) is 0 Å². The molecule has 1 N–H and O–H groups in total. The van der Waals surface area contributed by atoms with Crippen LogP contribution in [-0.4, -0.2) is 31.1 Å². The van der Waals surface area contributed by atoms with Crippen molar-refractivity contribution in [3.63, 3.8) is 0 Å². The Morgan fingerprint density at radius 1 is 1.16 bits per heavy atom. The Kier molecular flexibility index (Phi) is 4.32. The summed E-state index contributed by atoms with van der Waals surface area (Å²) in [5.74, 6) is -0.0997. The third kappa shape index (κ3) is 3.62. The van der Waals surface area contributed by atoms with Crippen molar-refractivity contribution in [2.75, 3.05) is 5.32 Å². The largest absolute Gasteiger partial charge is 0.326 e. The number of carbonyl (C=O) groups excluding carboxylic acids is 1. The van der Waals surface area contributed by atoms with Crippen LogP contribution in [0.15, 0.2) is 52.8 Å². The second-order valence-electron chi connectivity index (χ2n) is 5.18. The summed E-state index contributed by atoms with van der Waals surface area (Å²) < 4.78 is 1.55. The molecule has 7 nitrogen and oxygen atoms in total. The van der Waals surface area contributed by atoms with Crippen LogP contribution < -0.4 is 5.32 Å². The van der Waals surface area contributed by atoms with Gasteiger partial charge < -0.3 is 5.32 Å². The van der Waals surface area contributed by atoms with E-state index >= 15 is 0 Å². The smallest absolute Gasteiger partial charge is 0.230 e. The predicted octanol–water partition coefficient (Wildman–Crippen LogP) is 3.03. The number of hydrogen-bond donors (Lipinski definition) is 1. The summed E-state index contributed by atoms with van der Waals surface area (Å²) in [6, 6.07) is 9.33. The Labute approximate surface area is 151 Å². The molecular weight excluding hydrogens is 356 g/mol. The number of nitrogens with zero attached hydrogens (tertiary/aromatic N) is 5. The molecule has 0 saturated heterocycles. The third-order valence-corrected chi connectivity index (χ3v) is 5.05. The highest BCUT2D eigenvalue weighted by atomic mass is 32.1. The maximum Gasteiger partial charge on any atom is 0.230 e. The Hall–Kier alpha value is -2.91. The van der Waals surface area contributed by atoms with Crippen LogP contribution in [0.4, 0.5) is 5.69 Å². The van der Waals surface area contributed by atoms with E-state index in [9.17, 15) is 4.79 Å². The molecule has 3 heterocycles. The Morgan fingerprint density at radius 2 is 2.04 bits per heavy atom. The first kappa shape index (κ1) is 15.6. The lowest BCUT2D eigenvalue weighted by molar-refractivity contribution is -0.115. The lowest BCUT2D eigenvalue weighted by Gasteiger charge is -2.05. The number of tetrazole rings is 1. The van der Waals surface area contributed by atoms with Crippen LogP contribution in [0.5, 0.6) is 0 Å². The Bertz CT molecular complexity index is 961. The minimum Gasteiger partial charge on any atom is -0.326 e. The maximum atomic E-state index is 12.2. The van der Waals surface area contributed by atoms with Gasteiger partial charge in [0.15, 0.2) is 0 Å². The van der Waals surface area contributed by atoms with Crippen LogP contribution in [-0.2, 0) is 11.2 Å². The summed E-state index contributed by atoms with van der Waals surface area (Å²) in [5, 5.41) is 20.8. The normalized spacial score (nSPS) is 10.7. The van der Waals surface area contributed by atoms with Crippen molar-refractivity contribution in [1.29, 1.82) is 0 Å². The molecule has 0 unspecified atom stereocenters. The number of anilines is 1. The van der Waals surface area contributed by atoms with Crippen molar-refractivity contribution in [2.45, 2.75) is 6.42 Å².